The van der Waals surface area contributed by atoms with E-state index >= 15 is 0 Å². The second-order valence-corrected chi connectivity index (χ2v) is 5.05. The molecule has 0 aliphatic heterocycles. The van der Waals surface area contributed by atoms with Crippen LogP contribution in [0.4, 0.5) is 0 Å². The molecule has 0 saturated carbocycles. The van der Waals surface area contributed by atoms with Gasteiger partial charge < -0.3 is 9.84 Å². The summed E-state index contributed by atoms with van der Waals surface area (Å²) in [6, 6.07) is 12.2. The van der Waals surface area contributed by atoms with Gasteiger partial charge in [0.05, 0.1) is 19.8 Å². The molecule has 0 atom stereocenters. The van der Waals surface area contributed by atoms with Crippen LogP contribution in [-0.2, 0) is 18.0 Å². The molecule has 0 saturated heterocycles. The van der Waals surface area contributed by atoms with Gasteiger partial charge in [-0.25, -0.2) is 0 Å². The molecule has 1 heterocycles. The second-order valence-electron chi connectivity index (χ2n) is 4.06. The number of thiophene rings is 1. The molecule has 1 aromatic heterocycles. The van der Waals surface area contributed by atoms with Crippen molar-refractivity contribution < 1.29 is 9.84 Å². The lowest BCUT2D eigenvalue weighted by molar-refractivity contribution is 0.109. The number of aliphatic hydroxyl groups excluding tert-OH is 1. The minimum atomic E-state index is 0.115. The van der Waals surface area contributed by atoms with Crippen molar-refractivity contribution in [3.05, 3.63) is 57.8 Å². The van der Waals surface area contributed by atoms with Crippen molar-refractivity contribution in [2.24, 2.45) is 0 Å². The van der Waals surface area contributed by atoms with E-state index in [1.165, 1.54) is 10.4 Å². The van der Waals surface area contributed by atoms with Gasteiger partial charge in [-0.3, -0.25) is 0 Å². The molecule has 0 spiro atoms. The van der Waals surface area contributed by atoms with Gasteiger partial charge in [0.15, 0.2) is 0 Å². The van der Waals surface area contributed by atoms with Crippen LogP contribution in [0.15, 0.2) is 41.8 Å². The fourth-order valence-corrected chi connectivity index (χ4v) is 2.34. The maximum absolute atomic E-state index is 8.65. The third kappa shape index (κ3) is 4.88. The van der Waals surface area contributed by atoms with Crippen LogP contribution >= 0.6 is 11.3 Å². The lowest BCUT2D eigenvalue weighted by Crippen LogP contribution is -1.91. The van der Waals surface area contributed by atoms with E-state index in [9.17, 15) is 0 Å². The lowest BCUT2D eigenvalue weighted by Gasteiger charge is -2.01. The second kappa shape index (κ2) is 7.75. The summed E-state index contributed by atoms with van der Waals surface area (Å²) in [6.45, 7) is 1.36. The first-order chi connectivity index (χ1) is 9.38. The Morgan fingerprint density at radius 3 is 2.79 bits per heavy atom. The maximum Gasteiger partial charge on any atom is 0.0814 e. The van der Waals surface area contributed by atoms with Gasteiger partial charge in [0.2, 0.25) is 0 Å². The fourth-order valence-electron chi connectivity index (χ4n) is 1.59. The highest BCUT2D eigenvalue weighted by Gasteiger charge is 1.98. The van der Waals surface area contributed by atoms with Crippen LogP contribution in [0.2, 0.25) is 0 Å². The molecule has 0 aliphatic rings. The zero-order valence-electron chi connectivity index (χ0n) is 10.6. The molecule has 0 bridgehead atoms. The predicted molar refractivity (Wildman–Crippen MR) is 77.8 cm³/mol. The smallest absolute Gasteiger partial charge is 0.0814 e. The average molecular weight is 272 g/mol. The molecular weight excluding hydrogens is 256 g/mol. The van der Waals surface area contributed by atoms with Crippen LogP contribution in [0.1, 0.15) is 22.4 Å². The summed E-state index contributed by atoms with van der Waals surface area (Å²) in [5, 5.41) is 10.7. The third-order valence-corrected chi connectivity index (χ3v) is 3.39. The van der Waals surface area contributed by atoms with Crippen LogP contribution in [0.25, 0.3) is 0 Å². The van der Waals surface area contributed by atoms with E-state index in [2.05, 4.69) is 24.0 Å². The van der Waals surface area contributed by atoms with E-state index in [1.54, 1.807) is 11.3 Å². The summed E-state index contributed by atoms with van der Waals surface area (Å²) in [5.41, 5.74) is 2.18. The highest BCUT2D eigenvalue weighted by Crippen LogP contribution is 2.15. The summed E-state index contributed by atoms with van der Waals surface area (Å²) in [7, 11) is 0. The minimum absolute atomic E-state index is 0.115. The van der Waals surface area contributed by atoms with Crippen molar-refractivity contribution in [3.8, 4) is 11.8 Å². The molecule has 1 N–H and O–H groups in total. The highest BCUT2D eigenvalue weighted by molar-refractivity contribution is 7.10. The Morgan fingerprint density at radius 2 is 2.00 bits per heavy atom. The molecule has 0 unspecified atom stereocenters. The molecule has 19 heavy (non-hydrogen) atoms. The van der Waals surface area contributed by atoms with Gasteiger partial charge in [-0.05, 0) is 11.6 Å². The van der Waals surface area contributed by atoms with Crippen LogP contribution in [0, 0.1) is 11.8 Å². The zero-order valence-corrected chi connectivity index (χ0v) is 11.5. The Morgan fingerprint density at radius 1 is 1.16 bits per heavy atom. The van der Waals surface area contributed by atoms with Crippen molar-refractivity contribution >= 4 is 11.3 Å². The van der Waals surface area contributed by atoms with E-state index in [1.807, 2.05) is 29.6 Å². The van der Waals surface area contributed by atoms with Crippen LogP contribution < -0.4 is 0 Å². The molecule has 0 aliphatic carbocycles. The normalized spacial score (nSPS) is 9.95. The number of hydrogen-bond donors (Lipinski definition) is 1. The van der Waals surface area contributed by atoms with Gasteiger partial charge >= 0.3 is 0 Å². The number of benzene rings is 1. The molecule has 1 aromatic carbocycles. The van der Waals surface area contributed by atoms with Gasteiger partial charge in [-0.15, -0.1) is 11.3 Å². The summed E-state index contributed by atoms with van der Waals surface area (Å²) in [6.07, 6.45) is 0.523. The SMILES string of the molecule is OCCC#Cc1csc(COCc2ccccc2)c1. The molecule has 2 rings (SSSR count). The lowest BCUT2D eigenvalue weighted by atomic mass is 10.2. The van der Waals surface area contributed by atoms with Crippen LogP contribution in [-0.4, -0.2) is 11.7 Å². The van der Waals surface area contributed by atoms with Gasteiger partial charge in [0.1, 0.15) is 0 Å². The highest BCUT2D eigenvalue weighted by atomic mass is 32.1. The molecule has 0 amide bonds. The molecule has 0 radical (unpaired) electrons. The van der Waals surface area contributed by atoms with Crippen molar-refractivity contribution in [1.29, 1.82) is 0 Å². The fraction of sp³-hybridized carbons (Fsp3) is 0.250. The minimum Gasteiger partial charge on any atom is -0.395 e. The molecular formula is C16H16O2S. The summed E-state index contributed by atoms with van der Waals surface area (Å²) >= 11 is 1.65. The maximum atomic E-state index is 8.65. The first-order valence-electron chi connectivity index (χ1n) is 6.17. The van der Waals surface area contributed by atoms with Gasteiger partial charge in [0.25, 0.3) is 0 Å². The first-order valence-corrected chi connectivity index (χ1v) is 7.05. The Balaban J connectivity index is 1.79. The molecule has 0 fully saturated rings. The van der Waals surface area contributed by atoms with E-state index in [0.717, 1.165) is 5.56 Å². The number of hydrogen-bond acceptors (Lipinski definition) is 3. The van der Waals surface area contributed by atoms with E-state index in [4.69, 9.17) is 9.84 Å². The van der Waals surface area contributed by atoms with Crippen molar-refractivity contribution in [2.45, 2.75) is 19.6 Å². The molecule has 2 nitrogen and oxygen atoms in total. The van der Waals surface area contributed by atoms with E-state index in [0.29, 0.717) is 19.6 Å². The quantitative estimate of drug-likeness (QED) is 0.847. The Labute approximate surface area is 117 Å². The number of aliphatic hydroxyl groups is 1. The Hall–Kier alpha value is -1.60. The Kier molecular flexibility index (Phi) is 5.64. The summed E-state index contributed by atoms with van der Waals surface area (Å²) < 4.78 is 5.67. The van der Waals surface area contributed by atoms with E-state index in [-0.39, 0.29) is 6.61 Å². The monoisotopic (exact) mass is 272 g/mol. The molecule has 98 valence electrons. The standard InChI is InChI=1S/C16H16O2S/c17-9-5-4-8-15-10-16(19-13-15)12-18-11-14-6-2-1-3-7-14/h1-3,6-7,10,13,17H,5,9,11-12H2. The van der Waals surface area contributed by atoms with Crippen molar-refractivity contribution in [1.82, 2.24) is 0 Å². The molecule has 2 aromatic rings. The van der Waals surface area contributed by atoms with Crippen LogP contribution in [0.3, 0.4) is 0 Å². The van der Waals surface area contributed by atoms with Crippen LogP contribution in [0.5, 0.6) is 0 Å². The topological polar surface area (TPSA) is 29.5 Å². The summed E-state index contributed by atoms with van der Waals surface area (Å²) in [5.74, 6) is 5.93. The first kappa shape index (κ1) is 13.8. The average Bonchev–Trinajstić information content (AvgIpc) is 2.88. The van der Waals surface area contributed by atoms with Gasteiger partial charge in [-0.1, -0.05) is 42.2 Å². The predicted octanol–water partition coefficient (Wildman–Crippen LogP) is 3.20. The summed E-state index contributed by atoms with van der Waals surface area (Å²) in [4.78, 5) is 1.17. The third-order valence-electron chi connectivity index (χ3n) is 2.48. The van der Waals surface area contributed by atoms with Crippen molar-refractivity contribution in [3.63, 3.8) is 0 Å². The largest absolute Gasteiger partial charge is 0.395 e. The van der Waals surface area contributed by atoms with Gasteiger partial charge in [0, 0.05) is 22.2 Å². The molecule has 3 heteroatoms. The van der Waals surface area contributed by atoms with Crippen molar-refractivity contribution in [2.75, 3.05) is 6.61 Å². The number of rotatable bonds is 5. The zero-order chi connectivity index (χ0) is 13.3. The Bertz CT molecular complexity index is 549. The number of ether oxygens (including phenoxy) is 1. The van der Waals surface area contributed by atoms with Gasteiger partial charge in [-0.2, -0.15) is 0 Å². The van der Waals surface area contributed by atoms with E-state index < -0.39 is 0 Å².